The lowest BCUT2D eigenvalue weighted by Crippen LogP contribution is -2.31. The highest BCUT2D eigenvalue weighted by Gasteiger charge is 2.23. The van der Waals surface area contributed by atoms with E-state index in [1.165, 1.54) is 19.2 Å². The van der Waals surface area contributed by atoms with Gasteiger partial charge in [0.15, 0.2) is 11.6 Å². The number of pyridine rings is 2. The highest BCUT2D eigenvalue weighted by atomic mass is 19.1. The van der Waals surface area contributed by atoms with E-state index in [1.54, 1.807) is 35.4 Å². The highest BCUT2D eigenvalue weighted by Crippen LogP contribution is 2.27. The van der Waals surface area contributed by atoms with Crippen LogP contribution in [0.25, 0.3) is 10.9 Å². The number of hydrogen-bond donors (Lipinski definition) is 2. The first kappa shape index (κ1) is 23.7. The van der Waals surface area contributed by atoms with Crippen LogP contribution in [0.1, 0.15) is 40.6 Å². The number of carbonyl (C=O) groups is 1. The molecule has 0 aliphatic carbocycles. The molecule has 1 aliphatic rings. The molecule has 0 spiro atoms. The summed E-state index contributed by atoms with van der Waals surface area (Å²) < 4.78 is 26.7. The fourth-order valence-electron chi connectivity index (χ4n) is 4.31. The van der Waals surface area contributed by atoms with Gasteiger partial charge in [0.05, 0.1) is 36.9 Å². The number of aryl methyl sites for hydroxylation is 1. The molecule has 2 N–H and O–H groups in total. The van der Waals surface area contributed by atoms with Crippen LogP contribution < -0.4 is 15.4 Å². The third-order valence-electron chi connectivity index (χ3n) is 6.31. The number of nitrogens with one attached hydrogen (secondary N) is 2. The average molecular weight is 491 g/mol. The molecule has 4 aromatic rings. The molecule has 5 rings (SSSR count). The van der Waals surface area contributed by atoms with Gasteiger partial charge in [0.25, 0.3) is 5.91 Å². The van der Waals surface area contributed by atoms with Gasteiger partial charge in [0, 0.05) is 44.0 Å². The van der Waals surface area contributed by atoms with Gasteiger partial charge in [-0.1, -0.05) is 6.07 Å². The van der Waals surface area contributed by atoms with Crippen molar-refractivity contribution in [3.8, 4) is 5.75 Å². The van der Waals surface area contributed by atoms with Crippen molar-refractivity contribution >= 4 is 22.6 Å². The number of carbonyl (C=O) groups excluding carboxylic acids is 1. The highest BCUT2D eigenvalue weighted by molar-refractivity contribution is 5.95. The first-order chi connectivity index (χ1) is 17.5. The maximum Gasteiger partial charge on any atom is 0.270 e. The number of imidazole rings is 1. The fraction of sp³-hybridized carbons (Fsp3) is 0.308. The van der Waals surface area contributed by atoms with Crippen molar-refractivity contribution < 1.29 is 18.7 Å². The summed E-state index contributed by atoms with van der Waals surface area (Å²) in [4.78, 5) is 26.6. The van der Waals surface area contributed by atoms with E-state index in [1.807, 2.05) is 19.2 Å². The maximum atomic E-state index is 14.5. The molecule has 4 heterocycles. The molecular formula is C26H27FN6O3. The smallest absolute Gasteiger partial charge is 0.270 e. The molecule has 1 amide bonds. The SMILES string of the molecule is COc1ccc(C(NC(=O)c2ccc3cnc(NC4CCOCC4)cc3n2)c2cncn2C)cc1F. The molecule has 0 bridgehead atoms. The van der Waals surface area contributed by atoms with E-state index in [9.17, 15) is 9.18 Å². The van der Waals surface area contributed by atoms with Crippen LogP contribution >= 0.6 is 0 Å². The second-order valence-corrected chi connectivity index (χ2v) is 8.72. The molecule has 1 unspecified atom stereocenters. The molecule has 1 fully saturated rings. The number of ether oxygens (including phenoxy) is 2. The Morgan fingerprint density at radius 2 is 2.03 bits per heavy atom. The predicted octanol–water partition coefficient (Wildman–Crippen LogP) is 3.62. The van der Waals surface area contributed by atoms with E-state index >= 15 is 0 Å². The second kappa shape index (κ2) is 10.3. The molecule has 3 aromatic heterocycles. The number of aromatic nitrogens is 4. The Balaban J connectivity index is 1.42. The third-order valence-corrected chi connectivity index (χ3v) is 6.31. The summed E-state index contributed by atoms with van der Waals surface area (Å²) >= 11 is 0. The molecule has 1 aliphatic heterocycles. The summed E-state index contributed by atoms with van der Waals surface area (Å²) in [5.41, 5.74) is 2.14. The summed E-state index contributed by atoms with van der Waals surface area (Å²) in [7, 11) is 3.22. The molecule has 186 valence electrons. The normalized spacial score (nSPS) is 15.0. The van der Waals surface area contributed by atoms with E-state index in [0.29, 0.717) is 28.6 Å². The van der Waals surface area contributed by atoms with Gasteiger partial charge in [-0.3, -0.25) is 4.79 Å². The number of rotatable bonds is 7. The monoisotopic (exact) mass is 490 g/mol. The number of fused-ring (bicyclic) bond motifs is 1. The molecule has 1 atom stereocenters. The lowest BCUT2D eigenvalue weighted by Gasteiger charge is -2.23. The second-order valence-electron chi connectivity index (χ2n) is 8.72. The quantitative estimate of drug-likeness (QED) is 0.408. The zero-order valence-electron chi connectivity index (χ0n) is 20.1. The minimum Gasteiger partial charge on any atom is -0.494 e. The van der Waals surface area contributed by atoms with Crippen LogP contribution in [0.2, 0.25) is 0 Å². The Labute approximate surface area is 207 Å². The maximum absolute atomic E-state index is 14.5. The van der Waals surface area contributed by atoms with Crippen molar-refractivity contribution in [1.82, 2.24) is 24.8 Å². The molecule has 1 saturated heterocycles. The van der Waals surface area contributed by atoms with Crippen molar-refractivity contribution in [2.24, 2.45) is 7.05 Å². The van der Waals surface area contributed by atoms with E-state index in [0.717, 1.165) is 31.4 Å². The average Bonchev–Trinajstić information content (AvgIpc) is 3.32. The standard InChI is InChI=1S/C26H27FN6O3/c1-33-15-28-14-22(33)25(16-4-6-23(35-2)19(27)11-16)32-26(34)20-5-3-17-13-29-24(12-21(17)31-20)30-18-7-9-36-10-8-18/h3-6,11-15,18,25H,7-10H2,1-2H3,(H,29,30)(H,32,34). The lowest BCUT2D eigenvalue weighted by atomic mass is 10.0. The van der Waals surface area contributed by atoms with Gasteiger partial charge in [-0.05, 0) is 42.7 Å². The van der Waals surface area contributed by atoms with Gasteiger partial charge in [0.2, 0.25) is 0 Å². The molecule has 1 aromatic carbocycles. The number of hydrogen-bond acceptors (Lipinski definition) is 7. The van der Waals surface area contributed by atoms with Crippen LogP contribution in [0.5, 0.6) is 5.75 Å². The number of nitrogens with zero attached hydrogens (tertiary/aromatic N) is 4. The topological polar surface area (TPSA) is 103 Å². The number of amides is 1. The molecule has 9 nitrogen and oxygen atoms in total. The van der Waals surface area contributed by atoms with E-state index in [4.69, 9.17) is 9.47 Å². The van der Waals surface area contributed by atoms with E-state index < -0.39 is 17.8 Å². The van der Waals surface area contributed by atoms with Crippen LogP contribution in [0.15, 0.2) is 55.1 Å². The van der Waals surface area contributed by atoms with Gasteiger partial charge >= 0.3 is 0 Å². The molecule has 10 heteroatoms. The van der Waals surface area contributed by atoms with Gasteiger partial charge < -0.3 is 24.7 Å². The Hall–Kier alpha value is -4.05. The summed E-state index contributed by atoms with van der Waals surface area (Å²) in [6.07, 6.45) is 6.83. The largest absolute Gasteiger partial charge is 0.494 e. The van der Waals surface area contributed by atoms with Crippen molar-refractivity contribution in [2.75, 3.05) is 25.6 Å². The van der Waals surface area contributed by atoms with E-state index in [-0.39, 0.29) is 11.4 Å². The minimum atomic E-state index is -0.647. The zero-order valence-corrected chi connectivity index (χ0v) is 20.1. The first-order valence-electron chi connectivity index (χ1n) is 11.7. The first-order valence-corrected chi connectivity index (χ1v) is 11.7. The van der Waals surface area contributed by atoms with Gasteiger partial charge in [-0.2, -0.15) is 0 Å². The summed E-state index contributed by atoms with van der Waals surface area (Å²) in [6.45, 7) is 1.45. The van der Waals surface area contributed by atoms with Crippen molar-refractivity contribution in [3.63, 3.8) is 0 Å². The molecule has 0 radical (unpaired) electrons. The summed E-state index contributed by atoms with van der Waals surface area (Å²) in [5.74, 6) is -0.0721. The van der Waals surface area contributed by atoms with Crippen LogP contribution in [-0.2, 0) is 11.8 Å². The minimum absolute atomic E-state index is 0.129. The van der Waals surface area contributed by atoms with Crippen molar-refractivity contribution in [1.29, 1.82) is 0 Å². The van der Waals surface area contributed by atoms with Crippen molar-refractivity contribution in [3.05, 3.63) is 77.9 Å². The Bertz CT molecular complexity index is 1390. The van der Waals surface area contributed by atoms with Gasteiger partial charge in [-0.15, -0.1) is 0 Å². The van der Waals surface area contributed by atoms with Gasteiger partial charge in [0.1, 0.15) is 11.5 Å². The Morgan fingerprint density at radius 1 is 1.19 bits per heavy atom. The number of methoxy groups -OCH3 is 1. The Kier molecular flexibility index (Phi) is 6.77. The van der Waals surface area contributed by atoms with Crippen LogP contribution in [0.4, 0.5) is 10.2 Å². The van der Waals surface area contributed by atoms with Crippen LogP contribution in [0, 0.1) is 5.82 Å². The van der Waals surface area contributed by atoms with Crippen molar-refractivity contribution in [2.45, 2.75) is 24.9 Å². The molecule has 36 heavy (non-hydrogen) atoms. The number of halogens is 1. The molecule has 0 saturated carbocycles. The Morgan fingerprint density at radius 3 is 2.75 bits per heavy atom. The molecular weight excluding hydrogens is 463 g/mol. The summed E-state index contributed by atoms with van der Waals surface area (Å²) in [6, 6.07) is 9.56. The van der Waals surface area contributed by atoms with E-state index in [2.05, 4.69) is 25.6 Å². The zero-order chi connectivity index (χ0) is 25.1. The number of anilines is 1. The predicted molar refractivity (Wildman–Crippen MR) is 132 cm³/mol. The fourth-order valence-corrected chi connectivity index (χ4v) is 4.31. The van der Waals surface area contributed by atoms with Crippen LogP contribution in [-0.4, -0.2) is 51.8 Å². The number of benzene rings is 1. The summed E-state index contributed by atoms with van der Waals surface area (Å²) in [5, 5.41) is 7.24. The van der Waals surface area contributed by atoms with Crippen LogP contribution in [0.3, 0.4) is 0 Å². The third kappa shape index (κ3) is 4.99. The van der Waals surface area contributed by atoms with Gasteiger partial charge in [-0.25, -0.2) is 19.3 Å². The lowest BCUT2D eigenvalue weighted by molar-refractivity contribution is 0.0903.